The molecule has 2 saturated heterocycles. The molecule has 0 bridgehead atoms. The lowest BCUT2D eigenvalue weighted by Gasteiger charge is -2.41. The van der Waals surface area contributed by atoms with Gasteiger partial charge in [-0.25, -0.2) is 14.6 Å². The first-order valence-electron chi connectivity index (χ1n) is 17.1. The van der Waals surface area contributed by atoms with Gasteiger partial charge in [-0.3, -0.25) is 4.90 Å². The van der Waals surface area contributed by atoms with Gasteiger partial charge in [0.1, 0.15) is 23.4 Å². The third-order valence-electron chi connectivity index (χ3n) is 9.61. The summed E-state index contributed by atoms with van der Waals surface area (Å²) in [5, 5.41) is 1.03. The largest absolute Gasteiger partial charge is 0.497 e. The number of hydrogen-bond acceptors (Lipinski definition) is 7. The molecule has 0 radical (unpaired) electrons. The maximum absolute atomic E-state index is 15.2. The zero-order chi connectivity index (χ0) is 34.7. The van der Waals surface area contributed by atoms with Crippen molar-refractivity contribution in [3.63, 3.8) is 0 Å². The highest BCUT2D eigenvalue weighted by molar-refractivity contribution is 6.30. The summed E-state index contributed by atoms with van der Waals surface area (Å²) in [4.78, 5) is 41.2. The number of aliphatic imine (C=N–C) groups is 1. The van der Waals surface area contributed by atoms with Crippen molar-refractivity contribution in [2.45, 2.75) is 70.2 Å². The van der Waals surface area contributed by atoms with E-state index in [1.807, 2.05) is 36.9 Å². The Bertz CT molecular complexity index is 1670. The number of rotatable bonds is 9. The average Bonchev–Trinajstić information content (AvgIpc) is 3.77. The van der Waals surface area contributed by atoms with E-state index in [2.05, 4.69) is 4.90 Å². The van der Waals surface area contributed by atoms with Crippen LogP contribution >= 0.6 is 23.2 Å². The molecule has 0 saturated carbocycles. The van der Waals surface area contributed by atoms with E-state index in [9.17, 15) is 4.79 Å². The minimum absolute atomic E-state index is 0.120. The minimum atomic E-state index is -1.69. The van der Waals surface area contributed by atoms with E-state index in [0.717, 1.165) is 25.9 Å². The molecule has 2 amide bonds. The number of methoxy groups -OCH3 is 1. The summed E-state index contributed by atoms with van der Waals surface area (Å²) in [6.45, 7) is 9.13. The molecular weight excluding hydrogens is 663 g/mol. The highest BCUT2D eigenvalue weighted by Gasteiger charge is 2.60. The Morgan fingerprint density at radius 3 is 2.14 bits per heavy atom. The normalized spacial score (nSPS) is 21.6. The molecule has 3 aromatic rings. The molecule has 0 spiro atoms. The van der Waals surface area contributed by atoms with Gasteiger partial charge in [0.05, 0.1) is 25.4 Å². The summed E-state index contributed by atoms with van der Waals surface area (Å²) in [7, 11) is 1.59. The number of carbonyl (C=O) groups is 2. The zero-order valence-electron chi connectivity index (χ0n) is 28.5. The van der Waals surface area contributed by atoms with E-state index >= 15 is 4.79 Å². The van der Waals surface area contributed by atoms with E-state index in [4.69, 9.17) is 42.4 Å². The molecule has 3 aliphatic heterocycles. The topological polar surface area (TPSA) is 83.9 Å². The van der Waals surface area contributed by atoms with Gasteiger partial charge in [-0.1, -0.05) is 47.5 Å². The Balaban J connectivity index is 1.56. The minimum Gasteiger partial charge on any atom is -0.497 e. The molecule has 3 aliphatic rings. The number of amidine groups is 1. The van der Waals surface area contributed by atoms with Crippen molar-refractivity contribution in [2.24, 2.45) is 4.99 Å². The Kier molecular flexibility index (Phi) is 10.7. The predicted molar refractivity (Wildman–Crippen MR) is 192 cm³/mol. The van der Waals surface area contributed by atoms with Crippen LogP contribution < -0.4 is 9.47 Å². The molecule has 0 N–H and O–H groups in total. The van der Waals surface area contributed by atoms with Crippen LogP contribution in [-0.2, 0) is 15.1 Å². The van der Waals surface area contributed by atoms with Crippen LogP contribution in [0.5, 0.6) is 11.5 Å². The molecular formula is C38H44Cl2N4O5. The number of halogens is 2. The van der Waals surface area contributed by atoms with Crippen molar-refractivity contribution in [3.05, 3.63) is 93.5 Å². The van der Waals surface area contributed by atoms with Gasteiger partial charge in [0, 0.05) is 35.2 Å². The second kappa shape index (κ2) is 15.0. The molecule has 3 aromatic carbocycles. The van der Waals surface area contributed by atoms with Crippen LogP contribution in [-0.4, -0.2) is 84.6 Å². The van der Waals surface area contributed by atoms with Crippen molar-refractivity contribution < 1.29 is 23.8 Å². The number of hydrogen-bond donors (Lipinski definition) is 0. The summed E-state index contributed by atoms with van der Waals surface area (Å²) in [6.07, 6.45) is 4.00. The standard InChI is InChI=1S/C38H44Cl2N4O5/c1-5-48-36(45)38(27-10-14-29(40)15-11-27)34(26-8-12-28(39)13-9-26)44(37(46)43-22-18-30(19-23-43)42-20-6-7-21-42)35(41-38)32-17-16-31(47-4)24-33(32)49-25(2)3/h8-17,24-25,30,34H,5-7,18-23H2,1-4H3/t34-,38+/m1/s1. The fourth-order valence-electron chi connectivity index (χ4n) is 7.31. The number of benzene rings is 3. The molecule has 2 atom stereocenters. The number of esters is 1. The van der Waals surface area contributed by atoms with Crippen molar-refractivity contribution in [1.29, 1.82) is 0 Å². The van der Waals surface area contributed by atoms with Crippen LogP contribution in [0.3, 0.4) is 0 Å². The molecule has 0 aromatic heterocycles. The van der Waals surface area contributed by atoms with E-state index in [1.54, 1.807) is 67.5 Å². The van der Waals surface area contributed by atoms with Crippen molar-refractivity contribution >= 4 is 41.0 Å². The first kappa shape index (κ1) is 35.1. The van der Waals surface area contributed by atoms with Gasteiger partial charge in [-0.15, -0.1) is 0 Å². The summed E-state index contributed by atoms with van der Waals surface area (Å²) >= 11 is 12.8. The van der Waals surface area contributed by atoms with Crippen LogP contribution in [0.2, 0.25) is 10.0 Å². The van der Waals surface area contributed by atoms with Crippen LogP contribution in [0.15, 0.2) is 71.7 Å². The van der Waals surface area contributed by atoms with E-state index in [-0.39, 0.29) is 18.7 Å². The number of amides is 2. The van der Waals surface area contributed by atoms with Crippen LogP contribution in [0.1, 0.15) is 69.2 Å². The third kappa shape index (κ3) is 6.98. The maximum atomic E-state index is 15.2. The molecule has 6 rings (SSSR count). The van der Waals surface area contributed by atoms with E-state index < -0.39 is 17.6 Å². The first-order chi connectivity index (χ1) is 23.7. The Morgan fingerprint density at radius 1 is 0.918 bits per heavy atom. The molecule has 9 nitrogen and oxygen atoms in total. The van der Waals surface area contributed by atoms with Gasteiger partial charge < -0.3 is 24.0 Å². The Morgan fingerprint density at radius 2 is 1.55 bits per heavy atom. The zero-order valence-corrected chi connectivity index (χ0v) is 30.0. The number of nitrogens with zero attached hydrogens (tertiary/aromatic N) is 4. The smallest absolute Gasteiger partial charge is 0.341 e. The maximum Gasteiger partial charge on any atom is 0.341 e. The fourth-order valence-corrected chi connectivity index (χ4v) is 7.56. The lowest BCUT2D eigenvalue weighted by molar-refractivity contribution is -0.151. The molecule has 49 heavy (non-hydrogen) atoms. The molecule has 2 fully saturated rings. The quantitative estimate of drug-likeness (QED) is 0.212. The third-order valence-corrected chi connectivity index (χ3v) is 10.1. The van der Waals surface area contributed by atoms with Gasteiger partial charge in [0.15, 0.2) is 0 Å². The van der Waals surface area contributed by atoms with Gasteiger partial charge in [0.2, 0.25) is 5.54 Å². The summed E-state index contributed by atoms with van der Waals surface area (Å²) in [5.74, 6) is 0.776. The highest BCUT2D eigenvalue weighted by Crippen LogP contribution is 2.51. The van der Waals surface area contributed by atoms with Crippen LogP contribution in [0.4, 0.5) is 4.79 Å². The molecule has 0 unspecified atom stereocenters. The summed E-state index contributed by atoms with van der Waals surface area (Å²) < 4.78 is 17.7. The Hall–Kier alpha value is -3.79. The molecule has 3 heterocycles. The lowest BCUT2D eigenvalue weighted by atomic mass is 9.80. The predicted octanol–water partition coefficient (Wildman–Crippen LogP) is 7.73. The average molecular weight is 708 g/mol. The summed E-state index contributed by atoms with van der Waals surface area (Å²) in [6, 6.07) is 18.9. The second-order valence-electron chi connectivity index (χ2n) is 13.0. The fraction of sp³-hybridized carbons (Fsp3) is 0.447. The van der Waals surface area contributed by atoms with Gasteiger partial charge in [-0.2, -0.15) is 0 Å². The number of ether oxygens (including phenoxy) is 3. The van der Waals surface area contributed by atoms with Gasteiger partial charge in [-0.05, 0) is 107 Å². The molecule has 11 heteroatoms. The first-order valence-corrected chi connectivity index (χ1v) is 17.9. The number of piperidine rings is 1. The van der Waals surface area contributed by atoms with Gasteiger partial charge in [0.25, 0.3) is 0 Å². The van der Waals surface area contributed by atoms with Gasteiger partial charge >= 0.3 is 12.0 Å². The lowest BCUT2D eigenvalue weighted by Crippen LogP contribution is -2.54. The highest BCUT2D eigenvalue weighted by atomic mass is 35.5. The second-order valence-corrected chi connectivity index (χ2v) is 13.9. The van der Waals surface area contributed by atoms with E-state index in [1.165, 1.54) is 12.8 Å². The number of likely N-dealkylation sites (tertiary alicyclic amines) is 2. The molecule has 260 valence electrons. The number of urea groups is 1. The molecule has 0 aliphatic carbocycles. The van der Waals surface area contributed by atoms with Crippen LogP contribution in [0, 0.1) is 0 Å². The van der Waals surface area contributed by atoms with Crippen molar-refractivity contribution in [1.82, 2.24) is 14.7 Å². The summed E-state index contributed by atoms with van der Waals surface area (Å²) in [5.41, 5.74) is 0.0679. The van der Waals surface area contributed by atoms with Crippen molar-refractivity contribution in [2.75, 3.05) is 39.9 Å². The SMILES string of the molecule is CCOC(=O)[C@@]1(c2ccc(Cl)cc2)N=C(c2ccc(OC)cc2OC(C)C)N(C(=O)N2CCC(N3CCCC3)CC2)[C@@H]1c1ccc(Cl)cc1. The number of carbonyl (C=O) groups excluding carboxylic acids is 2. The monoisotopic (exact) mass is 706 g/mol. The van der Waals surface area contributed by atoms with E-state index in [0.29, 0.717) is 63.2 Å². The van der Waals surface area contributed by atoms with Crippen molar-refractivity contribution in [3.8, 4) is 11.5 Å². The van der Waals surface area contributed by atoms with Crippen LogP contribution in [0.25, 0.3) is 0 Å². The Labute approximate surface area is 298 Å².